The molecule has 0 saturated heterocycles. The number of halogens is 1. The van der Waals surface area contributed by atoms with Crippen molar-refractivity contribution in [2.24, 2.45) is 0 Å². The predicted octanol–water partition coefficient (Wildman–Crippen LogP) is 5.46. The standard InChI is InChI=1S/C33H30FNO6/c1-4-41-30(37)24-18-35(22-15-16-22)27-23(28(24)36)17-25(34)26(29(27)39-2)33(31(38)40-3)19-32(33,20-11-7-5-8-12-20)21-13-9-6-10-14-21/h5-14,17-18,22H,4,15-16,19H2,1-3H3. The molecule has 2 aliphatic rings. The Kier molecular flexibility index (Phi) is 6.44. The lowest BCUT2D eigenvalue weighted by molar-refractivity contribution is -0.144. The van der Waals surface area contributed by atoms with Crippen LogP contribution in [0.5, 0.6) is 5.75 Å². The smallest absolute Gasteiger partial charge is 0.343 e. The highest BCUT2D eigenvalue weighted by Gasteiger charge is 2.76. The molecule has 0 aliphatic heterocycles. The van der Waals surface area contributed by atoms with Gasteiger partial charge in [-0.05, 0) is 43.4 Å². The Balaban J connectivity index is 1.71. The summed E-state index contributed by atoms with van der Waals surface area (Å²) in [5, 5.41) is -0.00811. The molecule has 0 N–H and O–H groups in total. The second-order valence-electron chi connectivity index (χ2n) is 10.6. The summed E-state index contributed by atoms with van der Waals surface area (Å²) in [4.78, 5) is 40.2. The second kappa shape index (κ2) is 9.87. The summed E-state index contributed by atoms with van der Waals surface area (Å²) < 4.78 is 34.9. The van der Waals surface area contributed by atoms with Gasteiger partial charge in [0.05, 0.1) is 37.3 Å². The highest BCUT2D eigenvalue weighted by molar-refractivity contribution is 6.00. The zero-order valence-electron chi connectivity index (χ0n) is 23.1. The highest BCUT2D eigenvalue weighted by Crippen LogP contribution is 2.71. The number of nitrogens with zero attached hydrogens (tertiary/aromatic N) is 1. The first-order valence-corrected chi connectivity index (χ1v) is 13.7. The summed E-state index contributed by atoms with van der Waals surface area (Å²) in [5.74, 6) is -2.07. The lowest BCUT2D eigenvalue weighted by atomic mass is 9.76. The minimum absolute atomic E-state index is 0.00811. The van der Waals surface area contributed by atoms with Gasteiger partial charge in [0.2, 0.25) is 5.43 Å². The van der Waals surface area contributed by atoms with Crippen molar-refractivity contribution in [3.8, 4) is 5.75 Å². The van der Waals surface area contributed by atoms with Crippen molar-refractivity contribution >= 4 is 22.8 Å². The van der Waals surface area contributed by atoms with Crippen LogP contribution in [0.4, 0.5) is 4.39 Å². The van der Waals surface area contributed by atoms with E-state index in [1.54, 1.807) is 11.5 Å². The van der Waals surface area contributed by atoms with Crippen LogP contribution in [0.3, 0.4) is 0 Å². The number of carbonyl (C=O) groups excluding carboxylic acids is 2. The molecule has 3 aromatic carbocycles. The molecule has 7 nitrogen and oxygen atoms in total. The van der Waals surface area contributed by atoms with Gasteiger partial charge in [0.15, 0.2) is 5.75 Å². The Hall–Kier alpha value is -4.46. The van der Waals surface area contributed by atoms with Crippen LogP contribution in [-0.2, 0) is 25.1 Å². The lowest BCUT2D eigenvalue weighted by Gasteiger charge is -2.28. The molecular formula is C33H30FNO6. The monoisotopic (exact) mass is 555 g/mol. The second-order valence-corrected chi connectivity index (χ2v) is 10.6. The van der Waals surface area contributed by atoms with E-state index in [1.165, 1.54) is 20.4 Å². The lowest BCUT2D eigenvalue weighted by Crippen LogP contribution is -2.34. The van der Waals surface area contributed by atoms with Gasteiger partial charge in [0.25, 0.3) is 0 Å². The van der Waals surface area contributed by atoms with E-state index in [9.17, 15) is 14.4 Å². The molecular weight excluding hydrogens is 525 g/mol. The van der Waals surface area contributed by atoms with Gasteiger partial charge in [0.1, 0.15) is 16.8 Å². The van der Waals surface area contributed by atoms with E-state index in [0.717, 1.165) is 30.0 Å². The number of pyridine rings is 1. The average Bonchev–Trinajstić information content (AvgIpc) is 3.93. The van der Waals surface area contributed by atoms with E-state index >= 15 is 4.39 Å². The van der Waals surface area contributed by atoms with Gasteiger partial charge >= 0.3 is 11.9 Å². The van der Waals surface area contributed by atoms with Crippen LogP contribution in [0, 0.1) is 5.82 Å². The Morgan fingerprint density at radius 2 is 1.61 bits per heavy atom. The minimum atomic E-state index is -1.49. The van der Waals surface area contributed by atoms with Crippen molar-refractivity contribution in [2.75, 3.05) is 20.8 Å². The summed E-state index contributed by atoms with van der Waals surface area (Å²) in [6.45, 7) is 1.75. The normalized spacial score (nSPS) is 19.0. The first-order valence-electron chi connectivity index (χ1n) is 13.7. The maximum Gasteiger partial charge on any atom is 0.343 e. The molecule has 6 rings (SSSR count). The summed E-state index contributed by atoms with van der Waals surface area (Å²) in [6.07, 6.45) is 3.34. The van der Waals surface area contributed by atoms with Gasteiger partial charge in [0, 0.05) is 17.7 Å². The topological polar surface area (TPSA) is 83.8 Å². The van der Waals surface area contributed by atoms with Crippen LogP contribution in [0.2, 0.25) is 0 Å². The van der Waals surface area contributed by atoms with Crippen molar-refractivity contribution in [3.05, 3.63) is 111 Å². The third-order valence-electron chi connectivity index (χ3n) is 8.49. The third-order valence-corrected chi connectivity index (χ3v) is 8.49. The number of rotatable bonds is 8. The zero-order chi connectivity index (χ0) is 28.9. The van der Waals surface area contributed by atoms with Gasteiger partial charge < -0.3 is 18.8 Å². The molecule has 0 radical (unpaired) electrons. The maximum atomic E-state index is 16.6. The molecule has 2 saturated carbocycles. The third kappa shape index (κ3) is 3.80. The van der Waals surface area contributed by atoms with Gasteiger partial charge in [-0.25, -0.2) is 9.18 Å². The number of fused-ring (bicyclic) bond motifs is 1. The minimum Gasteiger partial charge on any atom is -0.494 e. The maximum absolute atomic E-state index is 16.6. The molecule has 2 fully saturated rings. The summed E-state index contributed by atoms with van der Waals surface area (Å²) >= 11 is 0. The van der Waals surface area contributed by atoms with E-state index in [1.807, 2.05) is 60.7 Å². The zero-order valence-corrected chi connectivity index (χ0v) is 23.1. The summed E-state index contributed by atoms with van der Waals surface area (Å²) in [7, 11) is 2.69. The first kappa shape index (κ1) is 26.7. The summed E-state index contributed by atoms with van der Waals surface area (Å²) in [6, 6.07) is 20.1. The number of methoxy groups -OCH3 is 2. The van der Waals surface area contributed by atoms with Crippen molar-refractivity contribution in [3.63, 3.8) is 0 Å². The molecule has 4 aromatic rings. The van der Waals surface area contributed by atoms with E-state index in [0.29, 0.717) is 5.52 Å². The molecule has 1 aromatic heterocycles. The van der Waals surface area contributed by atoms with Crippen LogP contribution < -0.4 is 10.2 Å². The fourth-order valence-corrected chi connectivity index (χ4v) is 6.53. The van der Waals surface area contributed by atoms with Crippen LogP contribution in [-0.4, -0.2) is 37.3 Å². The number of ether oxygens (including phenoxy) is 3. The Morgan fingerprint density at radius 1 is 1.00 bits per heavy atom. The number of hydrogen-bond acceptors (Lipinski definition) is 6. The number of benzene rings is 3. The van der Waals surface area contributed by atoms with Crippen LogP contribution in [0.1, 0.15) is 59.3 Å². The molecule has 0 amide bonds. The van der Waals surface area contributed by atoms with E-state index in [4.69, 9.17) is 14.2 Å². The number of hydrogen-bond donors (Lipinski definition) is 0. The van der Waals surface area contributed by atoms with Crippen LogP contribution in [0.25, 0.3) is 10.9 Å². The molecule has 41 heavy (non-hydrogen) atoms. The SMILES string of the molecule is CCOC(=O)c1cn(C2CC2)c2c(OC)c(C3(C(=O)OC)CC3(c3ccccc3)c3ccccc3)c(F)cc2c1=O. The molecule has 1 heterocycles. The van der Waals surface area contributed by atoms with E-state index in [2.05, 4.69) is 0 Å². The number of esters is 2. The van der Waals surface area contributed by atoms with Crippen molar-refractivity contribution in [1.82, 2.24) is 4.57 Å². The van der Waals surface area contributed by atoms with Crippen LogP contribution in [0.15, 0.2) is 77.7 Å². The molecule has 8 heteroatoms. The van der Waals surface area contributed by atoms with Gasteiger partial charge in [-0.1, -0.05) is 60.7 Å². The van der Waals surface area contributed by atoms with Crippen molar-refractivity contribution in [1.29, 1.82) is 0 Å². The highest BCUT2D eigenvalue weighted by atomic mass is 19.1. The van der Waals surface area contributed by atoms with Crippen molar-refractivity contribution in [2.45, 2.75) is 43.1 Å². The predicted molar refractivity (Wildman–Crippen MR) is 151 cm³/mol. The summed E-state index contributed by atoms with van der Waals surface area (Å²) in [5.41, 5.74) is -1.24. The van der Waals surface area contributed by atoms with Crippen molar-refractivity contribution < 1.29 is 28.2 Å². The fourth-order valence-electron chi connectivity index (χ4n) is 6.53. The van der Waals surface area contributed by atoms with Gasteiger partial charge in [-0.15, -0.1) is 0 Å². The Labute approximate surface area is 236 Å². The quantitative estimate of drug-likeness (QED) is 0.269. The van der Waals surface area contributed by atoms with E-state index in [-0.39, 0.29) is 41.3 Å². The Bertz CT molecular complexity index is 1690. The Morgan fingerprint density at radius 3 is 2.12 bits per heavy atom. The van der Waals surface area contributed by atoms with E-state index < -0.39 is 34.0 Å². The first-order chi connectivity index (χ1) is 19.8. The van der Waals surface area contributed by atoms with Gasteiger partial charge in [-0.3, -0.25) is 9.59 Å². The number of aromatic nitrogens is 1. The molecule has 2 aliphatic carbocycles. The van der Waals surface area contributed by atoms with Crippen LogP contribution >= 0.6 is 0 Å². The molecule has 1 unspecified atom stereocenters. The van der Waals surface area contributed by atoms with Gasteiger partial charge in [-0.2, -0.15) is 0 Å². The largest absolute Gasteiger partial charge is 0.494 e. The fraction of sp³-hybridized carbons (Fsp3) is 0.303. The molecule has 0 spiro atoms. The number of carbonyl (C=O) groups is 2. The molecule has 0 bridgehead atoms. The average molecular weight is 556 g/mol. The molecule has 210 valence electrons. The molecule has 1 atom stereocenters.